The van der Waals surface area contributed by atoms with Crippen molar-refractivity contribution in [2.75, 3.05) is 4.90 Å². The molecule has 3 N–H and O–H groups in total. The fourth-order valence-electron chi connectivity index (χ4n) is 4.16. The van der Waals surface area contributed by atoms with Crippen molar-refractivity contribution < 1.29 is 9.59 Å². The molecule has 1 aliphatic rings. The van der Waals surface area contributed by atoms with Crippen LogP contribution in [0.15, 0.2) is 18.3 Å². The van der Waals surface area contributed by atoms with Gasteiger partial charge in [0.05, 0.1) is 22.1 Å². The second-order valence-electron chi connectivity index (χ2n) is 7.43. The molecule has 8 nitrogen and oxygen atoms in total. The molecule has 2 amide bonds. The Morgan fingerprint density at radius 1 is 1.32 bits per heavy atom. The number of hydrogen-bond donors (Lipinski definition) is 2. The fraction of sp³-hybridized carbons (Fsp3) is 0.400. The van der Waals surface area contributed by atoms with Crippen molar-refractivity contribution in [1.29, 1.82) is 0 Å². The first kappa shape index (κ1) is 18.2. The molecule has 3 heterocycles. The monoisotopic (exact) mass is 379 g/mol. The van der Waals surface area contributed by atoms with E-state index in [4.69, 9.17) is 5.73 Å². The molecule has 28 heavy (non-hydrogen) atoms. The van der Waals surface area contributed by atoms with Gasteiger partial charge in [0.15, 0.2) is 5.82 Å². The molecule has 4 rings (SSSR count). The number of nitrogens with one attached hydrogen (secondary N) is 1. The summed E-state index contributed by atoms with van der Waals surface area (Å²) in [6.45, 7) is 8.16. The Kier molecular flexibility index (Phi) is 4.02. The first-order valence-corrected chi connectivity index (χ1v) is 9.47. The Balaban J connectivity index is 1.89. The van der Waals surface area contributed by atoms with E-state index < -0.39 is 11.4 Å². The van der Waals surface area contributed by atoms with E-state index in [0.717, 1.165) is 39.8 Å². The van der Waals surface area contributed by atoms with Crippen molar-refractivity contribution in [3.05, 3.63) is 30.0 Å². The van der Waals surface area contributed by atoms with Crippen LogP contribution in [0.2, 0.25) is 0 Å². The smallest absolute Gasteiger partial charge is 0.339 e. The van der Waals surface area contributed by atoms with E-state index in [2.05, 4.69) is 35.0 Å². The van der Waals surface area contributed by atoms with Gasteiger partial charge in [0.1, 0.15) is 5.69 Å². The minimum atomic E-state index is -0.681. The Morgan fingerprint density at radius 2 is 2.04 bits per heavy atom. The lowest BCUT2D eigenvalue weighted by molar-refractivity contribution is -0.123. The lowest BCUT2D eigenvalue weighted by Crippen LogP contribution is -2.42. The van der Waals surface area contributed by atoms with E-state index in [0.29, 0.717) is 11.5 Å². The summed E-state index contributed by atoms with van der Waals surface area (Å²) < 4.78 is 1.01. The number of primary amides is 1. The number of H-pyrrole nitrogens is 1. The largest absolute Gasteiger partial charge is 0.350 e. The van der Waals surface area contributed by atoms with Gasteiger partial charge in [0.2, 0.25) is 5.91 Å². The highest BCUT2D eigenvalue weighted by atomic mass is 16.2. The van der Waals surface area contributed by atoms with Crippen molar-refractivity contribution in [2.45, 2.75) is 52.0 Å². The Labute approximate surface area is 162 Å². The van der Waals surface area contributed by atoms with E-state index in [9.17, 15) is 9.59 Å². The van der Waals surface area contributed by atoms with Gasteiger partial charge in [-0.3, -0.25) is 4.79 Å². The number of aromatic amines is 1. The molecule has 0 saturated carbocycles. The number of imidazole rings is 1. The third-order valence-corrected chi connectivity index (χ3v) is 5.71. The number of amides is 2. The zero-order valence-electron chi connectivity index (χ0n) is 16.4. The molecule has 0 spiro atoms. The van der Waals surface area contributed by atoms with Crippen LogP contribution in [0.1, 0.15) is 46.1 Å². The Hall–Kier alpha value is -3.16. The van der Waals surface area contributed by atoms with Crippen LogP contribution in [-0.4, -0.2) is 37.7 Å². The van der Waals surface area contributed by atoms with Crippen LogP contribution in [0.25, 0.3) is 22.6 Å². The normalized spacial score (nSPS) is 15.6. The van der Waals surface area contributed by atoms with Crippen LogP contribution < -0.4 is 10.6 Å². The van der Waals surface area contributed by atoms with Crippen LogP contribution in [0, 0.1) is 6.07 Å². The number of nitrogens with zero attached hydrogens (tertiary/aromatic N) is 4. The van der Waals surface area contributed by atoms with Crippen molar-refractivity contribution in [3.63, 3.8) is 0 Å². The molecule has 0 atom stereocenters. The van der Waals surface area contributed by atoms with Gasteiger partial charge in [-0.25, -0.2) is 9.78 Å². The number of anilines is 1. The van der Waals surface area contributed by atoms with E-state index in [1.807, 2.05) is 30.9 Å². The Morgan fingerprint density at radius 3 is 2.61 bits per heavy atom. The fourth-order valence-corrected chi connectivity index (χ4v) is 4.16. The van der Waals surface area contributed by atoms with Crippen molar-refractivity contribution >= 4 is 28.7 Å². The first-order chi connectivity index (χ1) is 13.3. The maximum absolute atomic E-state index is 13.3. The summed E-state index contributed by atoms with van der Waals surface area (Å²) in [6, 6.07) is 6.25. The van der Waals surface area contributed by atoms with Crippen LogP contribution in [0.4, 0.5) is 10.5 Å². The second kappa shape index (κ2) is 6.19. The van der Waals surface area contributed by atoms with Gasteiger partial charge in [0, 0.05) is 18.3 Å². The SMILES string of the molecule is CCC1(CC)C(=O)N(C(C)C)c2cc3nc(-c4[c]cn(C(N)=O)n4)[nH]c3cc21. The van der Waals surface area contributed by atoms with Gasteiger partial charge in [-0.05, 0) is 44.4 Å². The topological polar surface area (TPSA) is 110 Å². The molecule has 145 valence electrons. The lowest BCUT2D eigenvalue weighted by atomic mass is 9.77. The molecule has 1 radical (unpaired) electrons. The zero-order chi connectivity index (χ0) is 20.2. The minimum Gasteiger partial charge on any atom is -0.350 e. The molecule has 3 aromatic rings. The summed E-state index contributed by atoms with van der Waals surface area (Å²) in [5.41, 5.74) is 8.63. The van der Waals surface area contributed by atoms with Gasteiger partial charge in [-0.1, -0.05) is 13.8 Å². The third kappa shape index (κ3) is 2.37. The van der Waals surface area contributed by atoms with Crippen molar-refractivity contribution in [3.8, 4) is 11.5 Å². The molecule has 0 bridgehead atoms. The number of hydrogen-bond acceptors (Lipinski definition) is 4. The van der Waals surface area contributed by atoms with Gasteiger partial charge < -0.3 is 15.6 Å². The molecule has 1 aliphatic heterocycles. The molecule has 0 unspecified atom stereocenters. The molecule has 0 saturated heterocycles. The molecule has 0 aliphatic carbocycles. The summed E-state index contributed by atoms with van der Waals surface area (Å²) in [7, 11) is 0. The summed E-state index contributed by atoms with van der Waals surface area (Å²) in [5, 5.41) is 4.10. The summed E-state index contributed by atoms with van der Waals surface area (Å²) in [4.78, 5) is 34.3. The molecule has 2 aromatic heterocycles. The first-order valence-electron chi connectivity index (χ1n) is 9.47. The number of fused-ring (bicyclic) bond motifs is 2. The second-order valence-corrected chi connectivity index (χ2v) is 7.43. The average Bonchev–Trinajstić information content (AvgIpc) is 3.34. The van der Waals surface area contributed by atoms with Crippen LogP contribution in [0.5, 0.6) is 0 Å². The number of nitrogens with two attached hydrogens (primary N) is 1. The van der Waals surface area contributed by atoms with Crippen molar-refractivity contribution in [2.24, 2.45) is 5.73 Å². The average molecular weight is 379 g/mol. The Bertz CT molecular complexity index is 1090. The number of carbonyl (C=O) groups is 2. The zero-order valence-corrected chi connectivity index (χ0v) is 16.4. The molecule has 0 fully saturated rings. The molecule has 1 aromatic carbocycles. The van der Waals surface area contributed by atoms with E-state index in [-0.39, 0.29) is 11.9 Å². The minimum absolute atomic E-state index is 0.0571. The molecular weight excluding hydrogens is 356 g/mol. The highest BCUT2D eigenvalue weighted by Crippen LogP contribution is 2.48. The predicted molar refractivity (Wildman–Crippen MR) is 106 cm³/mol. The van der Waals surface area contributed by atoms with E-state index in [1.165, 1.54) is 6.20 Å². The van der Waals surface area contributed by atoms with Gasteiger partial charge in [0.25, 0.3) is 0 Å². The highest BCUT2D eigenvalue weighted by molar-refractivity contribution is 6.10. The molecule has 8 heteroatoms. The highest BCUT2D eigenvalue weighted by Gasteiger charge is 2.49. The predicted octanol–water partition coefficient (Wildman–Crippen LogP) is 2.97. The molecular formula is C20H23N6O2. The maximum Gasteiger partial charge on any atom is 0.339 e. The number of rotatable bonds is 4. The maximum atomic E-state index is 13.3. The van der Waals surface area contributed by atoms with Crippen LogP contribution >= 0.6 is 0 Å². The number of benzene rings is 1. The quantitative estimate of drug-likeness (QED) is 0.726. The van der Waals surface area contributed by atoms with Crippen LogP contribution in [-0.2, 0) is 10.2 Å². The van der Waals surface area contributed by atoms with E-state index in [1.54, 1.807) is 0 Å². The van der Waals surface area contributed by atoms with Gasteiger partial charge in [-0.15, -0.1) is 0 Å². The van der Waals surface area contributed by atoms with Crippen LogP contribution in [0.3, 0.4) is 0 Å². The van der Waals surface area contributed by atoms with E-state index >= 15 is 0 Å². The lowest BCUT2D eigenvalue weighted by Gasteiger charge is -2.27. The van der Waals surface area contributed by atoms with Gasteiger partial charge >= 0.3 is 6.03 Å². The summed E-state index contributed by atoms with van der Waals surface area (Å²) in [5.74, 6) is 0.656. The van der Waals surface area contributed by atoms with Crippen molar-refractivity contribution in [1.82, 2.24) is 19.7 Å². The third-order valence-electron chi connectivity index (χ3n) is 5.71. The summed E-state index contributed by atoms with van der Waals surface area (Å²) >= 11 is 0. The summed E-state index contributed by atoms with van der Waals surface area (Å²) in [6.07, 6.45) is 2.85. The standard InChI is InChI=1S/C20H23N6O2/c1-5-20(6-2)12-9-14-15(10-16(12)26(11(3)4)18(20)27)23-17(22-14)13-7-8-25(24-13)19(21)28/h8-11H,5-6H2,1-4H3,(H2,21,28)(H,22,23). The number of aromatic nitrogens is 4. The number of carbonyl (C=O) groups excluding carboxylic acids is 2. The van der Waals surface area contributed by atoms with Gasteiger partial charge in [-0.2, -0.15) is 9.78 Å².